The maximum atomic E-state index is 13.4. The second-order valence-corrected chi connectivity index (χ2v) is 9.37. The molecule has 206 valence electrons. The second-order valence-electron chi connectivity index (χ2n) is 9.37. The number of ether oxygens (including phenoxy) is 2. The highest BCUT2D eigenvalue weighted by atomic mass is 16.5. The van der Waals surface area contributed by atoms with Crippen LogP contribution in [0.2, 0.25) is 0 Å². The molecule has 1 amide bonds. The molecule has 0 aliphatic rings. The Balaban J connectivity index is 1.77. The van der Waals surface area contributed by atoms with E-state index in [9.17, 15) is 14.7 Å². The van der Waals surface area contributed by atoms with Crippen molar-refractivity contribution in [3.05, 3.63) is 102 Å². The Labute approximate surface area is 235 Å². The minimum atomic E-state index is -0.904. The van der Waals surface area contributed by atoms with Crippen LogP contribution in [0, 0.1) is 0 Å². The van der Waals surface area contributed by atoms with Crippen LogP contribution >= 0.6 is 0 Å². The molecule has 1 heterocycles. The highest BCUT2D eigenvalue weighted by Crippen LogP contribution is 2.36. The highest BCUT2D eigenvalue weighted by Gasteiger charge is 2.19. The molecule has 7 nitrogen and oxygen atoms in total. The number of amides is 1. The lowest BCUT2D eigenvalue weighted by Crippen LogP contribution is -2.31. The lowest BCUT2D eigenvalue weighted by atomic mass is 9.93. The molecule has 0 aliphatic carbocycles. The van der Waals surface area contributed by atoms with Gasteiger partial charge in [-0.15, -0.1) is 0 Å². The van der Waals surface area contributed by atoms with E-state index in [0.29, 0.717) is 43.3 Å². The molecule has 0 bridgehead atoms. The van der Waals surface area contributed by atoms with Gasteiger partial charge < -0.3 is 19.5 Å². The molecule has 4 rings (SSSR count). The average molecular weight is 539 g/mol. The van der Waals surface area contributed by atoms with Gasteiger partial charge in [0, 0.05) is 36.5 Å². The first kappa shape index (κ1) is 28.4. The number of carboxylic acids is 1. The van der Waals surface area contributed by atoms with E-state index < -0.39 is 5.97 Å². The maximum Gasteiger partial charge on any atom is 0.307 e. The average Bonchev–Trinajstić information content (AvgIpc) is 2.96. The summed E-state index contributed by atoms with van der Waals surface area (Å²) in [5, 5.41) is 9.37. The summed E-state index contributed by atoms with van der Waals surface area (Å²) in [6, 6.07) is 25.0. The van der Waals surface area contributed by atoms with Crippen LogP contribution in [-0.4, -0.2) is 47.1 Å². The van der Waals surface area contributed by atoms with Gasteiger partial charge in [0.25, 0.3) is 0 Å². The molecule has 0 unspecified atom stereocenters. The first-order valence-corrected chi connectivity index (χ1v) is 13.3. The SMILES string of the molecule is CCOc1ccc(-c2ccc(-c3cc(CC(=O)O)ccc3OC)c(CN(CC)C(=O)Cc3ccccc3)c2)cn1. The summed E-state index contributed by atoms with van der Waals surface area (Å²) in [7, 11) is 1.59. The number of rotatable bonds is 12. The quantitative estimate of drug-likeness (QED) is 0.237. The molecule has 0 fully saturated rings. The second kappa shape index (κ2) is 13.4. The molecule has 0 radical (unpaired) electrons. The highest BCUT2D eigenvalue weighted by molar-refractivity contribution is 5.81. The number of hydrogen-bond acceptors (Lipinski definition) is 5. The number of methoxy groups -OCH3 is 1. The number of carboxylic acid groups (broad SMARTS) is 1. The number of carbonyl (C=O) groups is 2. The van der Waals surface area contributed by atoms with Crippen LogP contribution in [0.1, 0.15) is 30.5 Å². The Morgan fingerprint density at radius 1 is 0.850 bits per heavy atom. The van der Waals surface area contributed by atoms with Crippen molar-refractivity contribution >= 4 is 11.9 Å². The van der Waals surface area contributed by atoms with Crippen molar-refractivity contribution in [2.45, 2.75) is 33.2 Å². The molecule has 1 aromatic heterocycles. The van der Waals surface area contributed by atoms with Gasteiger partial charge in [-0.2, -0.15) is 0 Å². The predicted octanol–water partition coefficient (Wildman–Crippen LogP) is 6.04. The van der Waals surface area contributed by atoms with Crippen molar-refractivity contribution in [3.8, 4) is 33.9 Å². The Hall–Kier alpha value is -4.65. The van der Waals surface area contributed by atoms with E-state index in [2.05, 4.69) is 11.1 Å². The van der Waals surface area contributed by atoms with Gasteiger partial charge in [0.15, 0.2) is 0 Å². The Kier molecular flexibility index (Phi) is 9.52. The number of aliphatic carboxylic acids is 1. The molecule has 0 atom stereocenters. The van der Waals surface area contributed by atoms with Crippen molar-refractivity contribution < 1.29 is 24.2 Å². The van der Waals surface area contributed by atoms with Crippen LogP contribution in [0.15, 0.2) is 85.1 Å². The maximum absolute atomic E-state index is 13.4. The number of nitrogens with zero attached hydrogens (tertiary/aromatic N) is 2. The summed E-state index contributed by atoms with van der Waals surface area (Å²) in [4.78, 5) is 31.0. The van der Waals surface area contributed by atoms with E-state index in [1.165, 1.54) is 0 Å². The van der Waals surface area contributed by atoms with Crippen LogP contribution in [0.25, 0.3) is 22.3 Å². The van der Waals surface area contributed by atoms with Crippen molar-refractivity contribution in [2.24, 2.45) is 0 Å². The molecular weight excluding hydrogens is 504 g/mol. The standard InChI is InChI=1S/C33H34N2O5/c1-4-35(32(36)18-23-9-7-6-8-10-23)22-27-20-25(26-13-16-31(34-21-26)40-5-2)12-14-28(27)29-17-24(19-33(37)38)11-15-30(29)39-3/h6-17,20-21H,4-5,18-19,22H2,1-3H3,(H,37,38). The molecule has 40 heavy (non-hydrogen) atoms. The number of carbonyl (C=O) groups excluding carboxylic acids is 1. The predicted molar refractivity (Wildman–Crippen MR) is 155 cm³/mol. The Bertz CT molecular complexity index is 1450. The molecule has 1 N–H and O–H groups in total. The van der Waals surface area contributed by atoms with Gasteiger partial charge in [-0.1, -0.05) is 48.5 Å². The number of hydrogen-bond donors (Lipinski definition) is 1. The van der Waals surface area contributed by atoms with Gasteiger partial charge in [0.05, 0.1) is 26.6 Å². The number of pyridine rings is 1. The summed E-state index contributed by atoms with van der Waals surface area (Å²) in [5.41, 5.74) is 6.06. The molecule has 0 saturated carbocycles. The molecule has 7 heteroatoms. The zero-order valence-corrected chi connectivity index (χ0v) is 23.1. The van der Waals surface area contributed by atoms with Gasteiger partial charge in [-0.25, -0.2) is 4.98 Å². The summed E-state index contributed by atoms with van der Waals surface area (Å²) < 4.78 is 11.2. The molecule has 0 saturated heterocycles. The molecule has 4 aromatic rings. The van der Waals surface area contributed by atoms with E-state index >= 15 is 0 Å². The van der Waals surface area contributed by atoms with Crippen LogP contribution in [0.5, 0.6) is 11.6 Å². The first-order chi connectivity index (χ1) is 19.4. The van der Waals surface area contributed by atoms with Crippen LogP contribution in [0.4, 0.5) is 0 Å². The Morgan fingerprint density at radius 2 is 1.62 bits per heavy atom. The van der Waals surface area contributed by atoms with E-state index in [0.717, 1.165) is 33.4 Å². The molecule has 0 aliphatic heterocycles. The summed E-state index contributed by atoms with van der Waals surface area (Å²) in [5.74, 6) is 0.314. The largest absolute Gasteiger partial charge is 0.496 e. The van der Waals surface area contributed by atoms with E-state index in [-0.39, 0.29) is 12.3 Å². The normalized spacial score (nSPS) is 10.7. The van der Waals surface area contributed by atoms with Gasteiger partial charge in [0.2, 0.25) is 11.8 Å². The summed E-state index contributed by atoms with van der Waals surface area (Å²) in [6.45, 7) is 5.34. The minimum absolute atomic E-state index is 0.0272. The number of likely N-dealkylation sites (N-methyl/N-ethyl adjacent to an activating group) is 1. The molecular formula is C33H34N2O5. The van der Waals surface area contributed by atoms with E-state index in [1.807, 2.05) is 79.4 Å². The first-order valence-electron chi connectivity index (χ1n) is 13.3. The fourth-order valence-corrected chi connectivity index (χ4v) is 4.67. The van der Waals surface area contributed by atoms with E-state index in [4.69, 9.17) is 9.47 Å². The van der Waals surface area contributed by atoms with Gasteiger partial charge in [-0.05, 0) is 65.9 Å². The number of aromatic nitrogens is 1. The lowest BCUT2D eigenvalue weighted by Gasteiger charge is -2.24. The van der Waals surface area contributed by atoms with Crippen LogP contribution in [-0.2, 0) is 29.0 Å². The lowest BCUT2D eigenvalue weighted by molar-refractivity contribution is -0.136. The van der Waals surface area contributed by atoms with Gasteiger partial charge >= 0.3 is 5.97 Å². The minimum Gasteiger partial charge on any atom is -0.496 e. The zero-order valence-electron chi connectivity index (χ0n) is 23.1. The summed E-state index contributed by atoms with van der Waals surface area (Å²) >= 11 is 0. The monoisotopic (exact) mass is 538 g/mol. The summed E-state index contributed by atoms with van der Waals surface area (Å²) in [6.07, 6.45) is 1.98. The smallest absolute Gasteiger partial charge is 0.307 e. The Morgan fingerprint density at radius 3 is 2.27 bits per heavy atom. The van der Waals surface area contributed by atoms with Crippen LogP contribution in [0.3, 0.4) is 0 Å². The van der Waals surface area contributed by atoms with Gasteiger partial charge in [0.1, 0.15) is 5.75 Å². The third kappa shape index (κ3) is 7.05. The van der Waals surface area contributed by atoms with E-state index in [1.54, 1.807) is 25.4 Å². The van der Waals surface area contributed by atoms with Gasteiger partial charge in [-0.3, -0.25) is 9.59 Å². The third-order valence-electron chi connectivity index (χ3n) is 6.67. The van der Waals surface area contributed by atoms with Crippen molar-refractivity contribution in [3.63, 3.8) is 0 Å². The zero-order chi connectivity index (χ0) is 28.5. The fraction of sp³-hybridized carbons (Fsp3) is 0.242. The van der Waals surface area contributed by atoms with Crippen molar-refractivity contribution in [1.29, 1.82) is 0 Å². The fourth-order valence-electron chi connectivity index (χ4n) is 4.67. The van der Waals surface area contributed by atoms with Crippen LogP contribution < -0.4 is 9.47 Å². The molecule has 0 spiro atoms. The topological polar surface area (TPSA) is 89.0 Å². The van der Waals surface area contributed by atoms with Crippen molar-refractivity contribution in [1.82, 2.24) is 9.88 Å². The number of benzene rings is 3. The molecule has 3 aromatic carbocycles. The third-order valence-corrected chi connectivity index (χ3v) is 6.67. The van der Waals surface area contributed by atoms with Crippen molar-refractivity contribution in [2.75, 3.05) is 20.3 Å².